The molecule has 0 atom stereocenters. The third-order valence-electron chi connectivity index (χ3n) is 5.37. The number of rotatable bonds is 6. The molecule has 1 aromatic rings. The first-order valence-electron chi connectivity index (χ1n) is 9.39. The predicted octanol–water partition coefficient (Wildman–Crippen LogP) is 1.09. The van der Waals surface area contributed by atoms with E-state index in [1.54, 1.807) is 4.90 Å². The van der Waals surface area contributed by atoms with Crippen LogP contribution in [0.4, 0.5) is 0 Å². The molecule has 1 fully saturated rings. The van der Waals surface area contributed by atoms with Gasteiger partial charge in [0.25, 0.3) is 10.2 Å². The summed E-state index contributed by atoms with van der Waals surface area (Å²) >= 11 is 0. The molecule has 1 aromatic carbocycles. The van der Waals surface area contributed by atoms with Crippen molar-refractivity contribution in [2.24, 2.45) is 0 Å². The molecule has 1 amide bonds. The zero-order valence-electron chi connectivity index (χ0n) is 16.0. The number of nitrogens with zero attached hydrogens (tertiary/aromatic N) is 3. The third-order valence-corrected chi connectivity index (χ3v) is 7.31. The fraction of sp³-hybridized carbons (Fsp3) is 0.579. The Bertz CT molecular complexity index is 827. The molecule has 8 heteroatoms. The fourth-order valence-electron chi connectivity index (χ4n) is 3.67. The van der Waals surface area contributed by atoms with Gasteiger partial charge in [-0.15, -0.1) is 0 Å². The topological polar surface area (TPSA) is 78.0 Å². The Hall–Kier alpha value is -1.77. The molecule has 1 heterocycles. The summed E-state index contributed by atoms with van der Waals surface area (Å²) in [5, 5.41) is 0. The largest absolute Gasteiger partial charge is 0.340 e. The van der Waals surface area contributed by atoms with E-state index in [9.17, 15) is 18.0 Å². The van der Waals surface area contributed by atoms with Gasteiger partial charge in [0.05, 0.1) is 0 Å². The first kappa shape index (κ1) is 20.0. The van der Waals surface area contributed by atoms with Crippen molar-refractivity contribution in [1.29, 1.82) is 0 Å². The molecule has 0 unspecified atom stereocenters. The number of fused-ring (bicyclic) bond motifs is 1. The number of carbonyl (C=O) groups excluding carboxylic acids is 2. The standard InChI is InChI=1S/C19H27N3O4S/c1-20(2)27(25,26)22-12-10-21(11-13-22)19(24)9-8-18(23)17-7-6-15-4-3-5-16(15)14-17/h6-7,14H,3-5,8-13H2,1-2H3. The number of ketones is 1. The van der Waals surface area contributed by atoms with Crippen molar-refractivity contribution in [2.45, 2.75) is 32.1 Å². The van der Waals surface area contributed by atoms with Crippen LogP contribution in [0.25, 0.3) is 0 Å². The van der Waals surface area contributed by atoms with Crippen LogP contribution in [0, 0.1) is 0 Å². The van der Waals surface area contributed by atoms with E-state index in [0.29, 0.717) is 18.7 Å². The second-order valence-electron chi connectivity index (χ2n) is 7.33. The van der Waals surface area contributed by atoms with Crippen molar-refractivity contribution >= 4 is 21.9 Å². The van der Waals surface area contributed by atoms with Crippen LogP contribution in [-0.4, -0.2) is 73.9 Å². The summed E-state index contributed by atoms with van der Waals surface area (Å²) in [5.74, 6) is -0.0988. The number of piperazine rings is 1. The number of Topliss-reactive ketones (excluding diaryl/α,β-unsaturated/α-hetero) is 1. The van der Waals surface area contributed by atoms with E-state index in [1.807, 2.05) is 18.2 Å². The van der Waals surface area contributed by atoms with Gasteiger partial charge in [-0.2, -0.15) is 17.0 Å². The van der Waals surface area contributed by atoms with E-state index >= 15 is 0 Å². The minimum atomic E-state index is -3.44. The van der Waals surface area contributed by atoms with Gasteiger partial charge in [0.1, 0.15) is 0 Å². The SMILES string of the molecule is CN(C)S(=O)(=O)N1CCN(C(=O)CCC(=O)c2ccc3c(c2)CCC3)CC1. The predicted molar refractivity (Wildman–Crippen MR) is 103 cm³/mol. The lowest BCUT2D eigenvalue weighted by molar-refractivity contribution is -0.132. The molecule has 2 aliphatic rings. The number of hydrogen-bond donors (Lipinski definition) is 0. The highest BCUT2D eigenvalue weighted by Crippen LogP contribution is 2.23. The lowest BCUT2D eigenvalue weighted by Crippen LogP contribution is -2.53. The Morgan fingerprint density at radius 2 is 1.67 bits per heavy atom. The van der Waals surface area contributed by atoms with Crippen molar-refractivity contribution in [2.75, 3.05) is 40.3 Å². The van der Waals surface area contributed by atoms with Gasteiger partial charge < -0.3 is 4.90 Å². The van der Waals surface area contributed by atoms with Crippen LogP contribution in [0.2, 0.25) is 0 Å². The minimum absolute atomic E-state index is 0.00753. The molecule has 0 aromatic heterocycles. The average Bonchev–Trinajstić information content (AvgIpc) is 3.13. The van der Waals surface area contributed by atoms with E-state index < -0.39 is 10.2 Å². The third kappa shape index (κ3) is 4.39. The van der Waals surface area contributed by atoms with Gasteiger partial charge in [-0.25, -0.2) is 0 Å². The van der Waals surface area contributed by atoms with Gasteiger partial charge in [-0.05, 0) is 36.5 Å². The Balaban J connectivity index is 1.49. The van der Waals surface area contributed by atoms with E-state index in [1.165, 1.54) is 33.8 Å². The quantitative estimate of drug-likeness (QED) is 0.678. The molecule has 1 saturated heterocycles. The Labute approximate surface area is 161 Å². The van der Waals surface area contributed by atoms with Crippen molar-refractivity contribution in [3.63, 3.8) is 0 Å². The van der Waals surface area contributed by atoms with E-state index in [-0.39, 0.29) is 37.6 Å². The van der Waals surface area contributed by atoms with Crippen LogP contribution in [0.3, 0.4) is 0 Å². The minimum Gasteiger partial charge on any atom is -0.340 e. The van der Waals surface area contributed by atoms with Crippen LogP contribution < -0.4 is 0 Å². The average molecular weight is 394 g/mol. The number of hydrogen-bond acceptors (Lipinski definition) is 4. The second-order valence-corrected chi connectivity index (χ2v) is 9.47. The van der Waals surface area contributed by atoms with Crippen LogP contribution in [0.1, 0.15) is 40.7 Å². The van der Waals surface area contributed by atoms with Gasteiger partial charge in [-0.1, -0.05) is 12.1 Å². The summed E-state index contributed by atoms with van der Waals surface area (Å²) in [6.07, 6.45) is 3.60. The van der Waals surface area contributed by atoms with Gasteiger partial charge in [0, 0.05) is 58.7 Å². The van der Waals surface area contributed by atoms with Crippen LogP contribution in [0.15, 0.2) is 18.2 Å². The Morgan fingerprint density at radius 1 is 1.00 bits per heavy atom. The van der Waals surface area contributed by atoms with Gasteiger partial charge >= 0.3 is 0 Å². The molecule has 3 rings (SSSR count). The number of carbonyl (C=O) groups is 2. The normalized spacial score (nSPS) is 18.0. The maximum Gasteiger partial charge on any atom is 0.281 e. The maximum absolute atomic E-state index is 12.4. The zero-order chi connectivity index (χ0) is 19.6. The zero-order valence-corrected chi connectivity index (χ0v) is 16.8. The summed E-state index contributed by atoms with van der Waals surface area (Å²) in [7, 11) is -0.446. The lowest BCUT2D eigenvalue weighted by Gasteiger charge is -2.35. The van der Waals surface area contributed by atoms with Crippen LogP contribution >= 0.6 is 0 Å². The Morgan fingerprint density at radius 3 is 2.33 bits per heavy atom. The molecule has 1 aliphatic heterocycles. The van der Waals surface area contributed by atoms with E-state index in [4.69, 9.17) is 0 Å². The van der Waals surface area contributed by atoms with Crippen molar-refractivity contribution < 1.29 is 18.0 Å². The molecule has 148 valence electrons. The van der Waals surface area contributed by atoms with Crippen molar-refractivity contribution in [1.82, 2.24) is 13.5 Å². The molecule has 0 radical (unpaired) electrons. The molecular weight excluding hydrogens is 366 g/mol. The second kappa shape index (κ2) is 8.08. The first-order chi connectivity index (χ1) is 12.8. The van der Waals surface area contributed by atoms with Gasteiger partial charge in [0.2, 0.25) is 5.91 Å². The van der Waals surface area contributed by atoms with Crippen LogP contribution in [-0.2, 0) is 27.8 Å². The summed E-state index contributed by atoms with van der Waals surface area (Å²) in [6.45, 7) is 1.29. The maximum atomic E-state index is 12.4. The summed E-state index contributed by atoms with van der Waals surface area (Å²) in [5.41, 5.74) is 3.27. The molecule has 7 nitrogen and oxygen atoms in total. The highest BCUT2D eigenvalue weighted by Gasteiger charge is 2.30. The number of amides is 1. The van der Waals surface area contributed by atoms with Gasteiger partial charge in [-0.3, -0.25) is 9.59 Å². The van der Waals surface area contributed by atoms with Crippen molar-refractivity contribution in [3.05, 3.63) is 34.9 Å². The van der Waals surface area contributed by atoms with E-state index in [2.05, 4.69) is 0 Å². The highest BCUT2D eigenvalue weighted by molar-refractivity contribution is 7.86. The molecule has 1 aliphatic carbocycles. The monoisotopic (exact) mass is 393 g/mol. The highest BCUT2D eigenvalue weighted by atomic mass is 32.2. The first-order valence-corrected chi connectivity index (χ1v) is 10.8. The van der Waals surface area contributed by atoms with Gasteiger partial charge in [0.15, 0.2) is 5.78 Å². The molecule has 27 heavy (non-hydrogen) atoms. The number of benzene rings is 1. The summed E-state index contributed by atoms with van der Waals surface area (Å²) in [6, 6.07) is 5.86. The van der Waals surface area contributed by atoms with Crippen molar-refractivity contribution in [3.8, 4) is 0 Å². The molecular formula is C19H27N3O4S. The molecule has 0 bridgehead atoms. The summed E-state index contributed by atoms with van der Waals surface area (Å²) < 4.78 is 26.8. The molecule has 0 saturated carbocycles. The molecule has 0 spiro atoms. The fourth-order valence-corrected chi connectivity index (χ4v) is 4.75. The molecule has 0 N–H and O–H groups in total. The van der Waals surface area contributed by atoms with Crippen LogP contribution in [0.5, 0.6) is 0 Å². The lowest BCUT2D eigenvalue weighted by atomic mass is 10.0. The summed E-state index contributed by atoms with van der Waals surface area (Å²) in [4.78, 5) is 26.5. The van der Waals surface area contributed by atoms with E-state index in [0.717, 1.165) is 19.3 Å². The smallest absolute Gasteiger partial charge is 0.281 e. The number of aryl methyl sites for hydroxylation is 2. The Kier molecular flexibility index (Phi) is 5.98.